The summed E-state index contributed by atoms with van der Waals surface area (Å²) in [6.07, 6.45) is 0. The molecule has 0 saturated heterocycles. The van der Waals surface area contributed by atoms with Crippen molar-refractivity contribution in [3.8, 4) is 0 Å². The average molecular weight is 504 g/mol. The molecule has 0 N–H and O–H groups in total. The zero-order valence-corrected chi connectivity index (χ0v) is 23.1. The summed E-state index contributed by atoms with van der Waals surface area (Å²) >= 11 is 0. The molecule has 0 radical (unpaired) electrons. The molecule has 0 aliphatic carbocycles. The first-order valence-corrected chi connectivity index (χ1v) is 16.3. The van der Waals surface area contributed by atoms with Crippen molar-refractivity contribution in [2.75, 3.05) is 0 Å². The summed E-state index contributed by atoms with van der Waals surface area (Å²) in [7, 11) is 0.673. The van der Waals surface area contributed by atoms with Gasteiger partial charge in [0.15, 0.2) is 0 Å². The minimum Gasteiger partial charge on any atom is -0.0622 e. The molecule has 0 fully saturated rings. The number of rotatable bonds is 7. The van der Waals surface area contributed by atoms with Crippen LogP contribution in [0.1, 0.15) is 33.5 Å². The molecular weight excluding hydrogens is 470 g/mol. The summed E-state index contributed by atoms with van der Waals surface area (Å²) in [6, 6.07) is 50.3. The van der Waals surface area contributed by atoms with E-state index in [9.17, 15) is 0 Å². The van der Waals surface area contributed by atoms with Crippen molar-refractivity contribution in [3.05, 3.63) is 161 Å². The molecule has 0 aliphatic rings. The van der Waals surface area contributed by atoms with Crippen LogP contribution in [-0.2, 0) is 0 Å². The molecule has 0 aliphatic heterocycles. The second-order valence-corrected chi connectivity index (χ2v) is 16.1. The molecule has 2 heteroatoms. The zero-order chi connectivity index (χ0) is 25.0. The van der Waals surface area contributed by atoms with Gasteiger partial charge < -0.3 is 0 Å². The van der Waals surface area contributed by atoms with Crippen LogP contribution in [0.2, 0.25) is 0 Å². The van der Waals surface area contributed by atoms with Crippen LogP contribution in [0.5, 0.6) is 0 Å². The molecule has 36 heavy (non-hydrogen) atoms. The van der Waals surface area contributed by atoms with E-state index in [1.54, 1.807) is 0 Å². The maximum atomic E-state index is 2.39. The van der Waals surface area contributed by atoms with Gasteiger partial charge in [0.1, 0.15) is 22.9 Å². The summed E-state index contributed by atoms with van der Waals surface area (Å²) in [5, 5.41) is 4.36. The van der Waals surface area contributed by atoms with Crippen LogP contribution in [0.15, 0.2) is 133 Å². The Labute approximate surface area is 218 Å². The number of benzene rings is 5. The fourth-order valence-electron chi connectivity index (χ4n) is 4.80. The molecule has 0 spiro atoms. The monoisotopic (exact) mass is 503 g/mol. The van der Waals surface area contributed by atoms with Gasteiger partial charge in [-0.15, -0.1) is 0 Å². The van der Waals surface area contributed by atoms with E-state index in [4.69, 9.17) is 0 Å². The Hall–Kier alpha value is -3.04. The summed E-state index contributed by atoms with van der Waals surface area (Å²) in [4.78, 5) is 0. The van der Waals surface area contributed by atoms with E-state index in [2.05, 4.69) is 154 Å². The highest BCUT2D eigenvalue weighted by Crippen LogP contribution is 2.76. The van der Waals surface area contributed by atoms with Crippen LogP contribution >= 0.6 is 15.2 Å². The second kappa shape index (κ2) is 10.9. The Morgan fingerprint density at radius 2 is 0.722 bits per heavy atom. The van der Waals surface area contributed by atoms with Gasteiger partial charge in [0.2, 0.25) is 0 Å². The van der Waals surface area contributed by atoms with Crippen molar-refractivity contribution in [3.63, 3.8) is 0 Å². The molecule has 1 unspecified atom stereocenters. The van der Waals surface area contributed by atoms with Gasteiger partial charge in [-0.2, -0.15) is 0 Å². The third-order valence-electron chi connectivity index (χ3n) is 6.85. The van der Waals surface area contributed by atoms with Gasteiger partial charge in [0, 0.05) is 0 Å². The fraction of sp³-hybridized carbons (Fsp3) is 0.118. The van der Waals surface area contributed by atoms with Crippen molar-refractivity contribution in [2.24, 2.45) is 0 Å². The maximum absolute atomic E-state index is 2.39. The van der Waals surface area contributed by atoms with Crippen molar-refractivity contribution < 1.29 is 0 Å². The first-order chi connectivity index (χ1) is 17.6. The van der Waals surface area contributed by atoms with Crippen LogP contribution in [-0.4, -0.2) is 0 Å². The SMILES string of the molecule is Cc1ccc([P+](PC(c2ccccc2)c2ccccc2)(c2ccc(C)cc2)c2ccc(C)cc2)cc1. The summed E-state index contributed by atoms with van der Waals surface area (Å²) in [6.45, 7) is 4.57. The van der Waals surface area contributed by atoms with Gasteiger partial charge in [0.25, 0.3) is 0 Å². The Kier molecular flexibility index (Phi) is 7.48. The van der Waals surface area contributed by atoms with E-state index < -0.39 is 6.95 Å². The predicted molar refractivity (Wildman–Crippen MR) is 162 cm³/mol. The van der Waals surface area contributed by atoms with Crippen molar-refractivity contribution in [1.29, 1.82) is 0 Å². The van der Waals surface area contributed by atoms with Gasteiger partial charge in [0.05, 0.1) is 13.9 Å². The standard InChI is InChI=1S/C34H33P2/c1-26-14-20-31(21-15-26)36(32-22-16-27(2)17-23-32,33-24-18-28(3)19-25-33)35-34(29-10-6-4-7-11-29)30-12-8-5-9-13-30/h4-25,34-35H,1-3H3/q+1. The Morgan fingerprint density at radius 1 is 0.417 bits per heavy atom. The highest BCUT2D eigenvalue weighted by atomic mass is 32.1. The van der Waals surface area contributed by atoms with Gasteiger partial charge in [-0.3, -0.25) is 0 Å². The second-order valence-electron chi connectivity index (χ2n) is 9.56. The molecule has 0 saturated carbocycles. The molecule has 0 bridgehead atoms. The number of hydrogen-bond acceptors (Lipinski definition) is 0. The van der Waals surface area contributed by atoms with E-state index in [0.29, 0.717) is 13.9 Å². The van der Waals surface area contributed by atoms with Gasteiger partial charge in [-0.1, -0.05) is 114 Å². The fourth-order valence-corrected chi connectivity index (χ4v) is 13.7. The molecule has 178 valence electrons. The molecule has 5 aromatic rings. The zero-order valence-electron chi connectivity index (χ0n) is 21.2. The number of aryl methyl sites for hydroxylation is 3. The quantitative estimate of drug-likeness (QED) is 0.196. The van der Waals surface area contributed by atoms with Crippen LogP contribution in [0.3, 0.4) is 0 Å². The average Bonchev–Trinajstić information content (AvgIpc) is 2.92. The highest BCUT2D eigenvalue weighted by molar-refractivity contribution is 8.42. The smallest absolute Gasteiger partial charge is 0.0622 e. The number of hydrogen-bond donors (Lipinski definition) is 0. The highest BCUT2D eigenvalue weighted by Gasteiger charge is 2.48. The lowest BCUT2D eigenvalue weighted by atomic mass is 10.0. The van der Waals surface area contributed by atoms with E-state index in [-0.39, 0.29) is 0 Å². The van der Waals surface area contributed by atoms with Crippen LogP contribution in [0.4, 0.5) is 0 Å². The Balaban J connectivity index is 1.80. The lowest BCUT2D eigenvalue weighted by Crippen LogP contribution is -2.29. The third kappa shape index (κ3) is 5.08. The summed E-state index contributed by atoms with van der Waals surface area (Å²) in [5.74, 6) is 0. The van der Waals surface area contributed by atoms with Crippen molar-refractivity contribution in [2.45, 2.75) is 26.4 Å². The normalized spacial score (nSPS) is 11.9. The molecule has 0 heterocycles. The minimum atomic E-state index is -1.97. The third-order valence-corrected chi connectivity index (χ3v) is 15.6. The Morgan fingerprint density at radius 3 is 1.03 bits per heavy atom. The molecular formula is C34H33P2+. The molecule has 5 aromatic carbocycles. The molecule has 0 amide bonds. The van der Waals surface area contributed by atoms with Crippen LogP contribution in [0.25, 0.3) is 0 Å². The van der Waals surface area contributed by atoms with Gasteiger partial charge in [-0.25, -0.2) is 0 Å². The Bertz CT molecular complexity index is 1240. The van der Waals surface area contributed by atoms with Gasteiger partial charge >= 0.3 is 0 Å². The lowest BCUT2D eigenvalue weighted by Gasteiger charge is -2.31. The van der Waals surface area contributed by atoms with E-state index in [1.807, 2.05) is 0 Å². The van der Waals surface area contributed by atoms with Gasteiger partial charge in [-0.05, 0) is 68.3 Å². The topological polar surface area (TPSA) is 0 Å². The van der Waals surface area contributed by atoms with Crippen LogP contribution in [0, 0.1) is 20.8 Å². The lowest BCUT2D eigenvalue weighted by molar-refractivity contribution is 1.16. The van der Waals surface area contributed by atoms with Crippen molar-refractivity contribution in [1.82, 2.24) is 0 Å². The largest absolute Gasteiger partial charge is 0.128 e. The first kappa shape index (κ1) is 24.6. The molecule has 0 aromatic heterocycles. The minimum absolute atomic E-state index is 0.310. The van der Waals surface area contributed by atoms with E-state index in [0.717, 1.165) is 0 Å². The molecule has 5 rings (SSSR count). The molecule has 0 nitrogen and oxygen atoms in total. The van der Waals surface area contributed by atoms with Crippen molar-refractivity contribution >= 4 is 31.1 Å². The molecule has 1 atom stereocenters. The van der Waals surface area contributed by atoms with E-state index in [1.165, 1.54) is 43.7 Å². The predicted octanol–water partition coefficient (Wildman–Crippen LogP) is 8.29. The maximum Gasteiger partial charge on any atom is 0.128 e. The summed E-state index contributed by atoms with van der Waals surface area (Å²) < 4.78 is 0. The van der Waals surface area contributed by atoms with E-state index >= 15 is 0 Å². The first-order valence-electron chi connectivity index (χ1n) is 12.5. The van der Waals surface area contributed by atoms with Crippen LogP contribution < -0.4 is 15.9 Å². The summed E-state index contributed by atoms with van der Waals surface area (Å²) in [5.41, 5.74) is 6.99.